The number of nitrogens with two attached hydrogens (primary N) is 1. The number of hydrogen-bond donors (Lipinski definition) is 2. The van der Waals surface area contributed by atoms with Gasteiger partial charge in [0.1, 0.15) is 5.60 Å². The van der Waals surface area contributed by atoms with E-state index in [2.05, 4.69) is 0 Å². The maximum atomic E-state index is 11.4. The molecule has 0 aromatic heterocycles. The fraction of sp³-hybridized carbons (Fsp3) is 0.429. The molecule has 0 spiro atoms. The maximum Gasteiger partial charge on any atom is 0.337 e. The SMILES string of the molecule is CC(C)(C)OC(=O)COOc1ccc(N)cc1CC(=O)O. The first kappa shape index (κ1) is 16.8. The van der Waals surface area contributed by atoms with Crippen LogP contribution >= 0.6 is 0 Å². The highest BCUT2D eigenvalue weighted by Gasteiger charge is 2.17. The Bertz CT molecular complexity index is 521. The smallest absolute Gasteiger partial charge is 0.337 e. The van der Waals surface area contributed by atoms with Crippen LogP contribution in [0, 0.1) is 0 Å². The second-order valence-electron chi connectivity index (χ2n) is 5.37. The molecule has 0 radical (unpaired) electrons. The largest absolute Gasteiger partial charge is 0.481 e. The number of nitrogen functional groups attached to an aromatic ring is 1. The predicted octanol–water partition coefficient (Wildman–Crippen LogP) is 1.55. The van der Waals surface area contributed by atoms with Crippen molar-refractivity contribution in [3.05, 3.63) is 23.8 Å². The van der Waals surface area contributed by atoms with Gasteiger partial charge in [-0.2, -0.15) is 4.89 Å². The van der Waals surface area contributed by atoms with Gasteiger partial charge in [-0.05, 0) is 39.0 Å². The van der Waals surface area contributed by atoms with E-state index >= 15 is 0 Å². The Balaban J connectivity index is 2.59. The molecular weight excluding hydrogens is 278 g/mol. The molecule has 7 heteroatoms. The van der Waals surface area contributed by atoms with E-state index in [1.54, 1.807) is 20.8 Å². The summed E-state index contributed by atoms with van der Waals surface area (Å²) < 4.78 is 5.03. The van der Waals surface area contributed by atoms with Gasteiger partial charge in [0.15, 0.2) is 12.4 Å². The number of aliphatic carboxylic acids is 1. The van der Waals surface area contributed by atoms with Gasteiger partial charge in [-0.3, -0.25) is 4.79 Å². The van der Waals surface area contributed by atoms with Gasteiger partial charge in [0.2, 0.25) is 0 Å². The lowest BCUT2D eigenvalue weighted by Gasteiger charge is -2.19. The van der Waals surface area contributed by atoms with Gasteiger partial charge in [-0.1, -0.05) is 0 Å². The van der Waals surface area contributed by atoms with Crippen molar-refractivity contribution >= 4 is 17.6 Å². The van der Waals surface area contributed by atoms with E-state index in [0.717, 1.165) is 0 Å². The van der Waals surface area contributed by atoms with Crippen LogP contribution in [-0.2, 0) is 25.6 Å². The third-order valence-corrected chi connectivity index (χ3v) is 2.17. The molecular formula is C14H19NO6. The second-order valence-corrected chi connectivity index (χ2v) is 5.37. The number of carbonyl (C=O) groups is 2. The number of carbonyl (C=O) groups excluding carboxylic acids is 1. The van der Waals surface area contributed by atoms with E-state index in [-0.39, 0.29) is 12.2 Å². The van der Waals surface area contributed by atoms with Crippen molar-refractivity contribution in [1.82, 2.24) is 0 Å². The molecule has 0 unspecified atom stereocenters. The number of rotatable bonds is 6. The summed E-state index contributed by atoms with van der Waals surface area (Å²) in [7, 11) is 0. The number of ether oxygens (including phenoxy) is 1. The molecule has 1 aromatic rings. The molecule has 7 nitrogen and oxygen atoms in total. The zero-order valence-electron chi connectivity index (χ0n) is 12.2. The monoisotopic (exact) mass is 297 g/mol. The Kier molecular flexibility index (Phi) is 5.54. The minimum Gasteiger partial charge on any atom is -0.481 e. The first-order valence-electron chi connectivity index (χ1n) is 6.29. The van der Waals surface area contributed by atoms with E-state index < -0.39 is 24.1 Å². The minimum atomic E-state index is -1.03. The standard InChI is InChI=1S/C14H19NO6/c1-14(2,3)20-13(18)8-19-21-11-5-4-10(15)6-9(11)7-12(16)17/h4-6H,7-8,15H2,1-3H3,(H,16,17). The molecule has 1 aromatic carbocycles. The normalized spacial score (nSPS) is 11.0. The Morgan fingerprint density at radius 3 is 2.52 bits per heavy atom. The molecule has 0 heterocycles. The van der Waals surface area contributed by atoms with Crippen LogP contribution in [0.5, 0.6) is 5.75 Å². The number of carboxylic acids is 1. The zero-order valence-corrected chi connectivity index (χ0v) is 12.2. The van der Waals surface area contributed by atoms with Crippen molar-refractivity contribution < 1.29 is 29.2 Å². The van der Waals surface area contributed by atoms with Gasteiger partial charge < -0.3 is 20.5 Å². The van der Waals surface area contributed by atoms with Crippen LogP contribution in [-0.4, -0.2) is 29.3 Å². The predicted molar refractivity (Wildman–Crippen MR) is 74.6 cm³/mol. The summed E-state index contributed by atoms with van der Waals surface area (Å²) in [6, 6.07) is 4.49. The number of anilines is 1. The summed E-state index contributed by atoms with van der Waals surface area (Å²) in [4.78, 5) is 31.9. The highest BCUT2D eigenvalue weighted by atomic mass is 17.2. The fourth-order valence-electron chi connectivity index (χ4n) is 1.49. The molecule has 21 heavy (non-hydrogen) atoms. The summed E-state index contributed by atoms with van der Waals surface area (Å²) in [6.45, 7) is 4.79. The van der Waals surface area contributed by atoms with Crippen molar-refractivity contribution in [1.29, 1.82) is 0 Å². The van der Waals surface area contributed by atoms with E-state index in [9.17, 15) is 9.59 Å². The Morgan fingerprint density at radius 1 is 1.29 bits per heavy atom. The van der Waals surface area contributed by atoms with Crippen molar-refractivity contribution in [3.8, 4) is 5.75 Å². The Labute approximate surface area is 122 Å². The minimum absolute atomic E-state index is 0.190. The van der Waals surface area contributed by atoms with Crippen molar-refractivity contribution in [2.24, 2.45) is 0 Å². The summed E-state index contributed by atoms with van der Waals surface area (Å²) in [5, 5.41) is 8.81. The van der Waals surface area contributed by atoms with Gasteiger partial charge in [0, 0.05) is 11.3 Å². The molecule has 0 fully saturated rings. The molecule has 0 aliphatic heterocycles. The van der Waals surface area contributed by atoms with Crippen LogP contribution in [0.4, 0.5) is 5.69 Å². The Morgan fingerprint density at radius 2 is 1.95 bits per heavy atom. The van der Waals surface area contributed by atoms with Crippen LogP contribution in [0.25, 0.3) is 0 Å². The average Bonchev–Trinajstić information content (AvgIpc) is 2.28. The molecule has 0 saturated heterocycles. The maximum absolute atomic E-state index is 11.4. The lowest BCUT2D eigenvalue weighted by molar-refractivity contribution is -0.221. The third kappa shape index (κ3) is 6.62. The number of hydrogen-bond acceptors (Lipinski definition) is 6. The van der Waals surface area contributed by atoms with Crippen LogP contribution in [0.2, 0.25) is 0 Å². The second kappa shape index (κ2) is 6.94. The quantitative estimate of drug-likeness (QED) is 0.355. The summed E-state index contributed by atoms with van der Waals surface area (Å²) >= 11 is 0. The summed E-state index contributed by atoms with van der Waals surface area (Å²) in [5.41, 5.74) is 5.73. The summed E-state index contributed by atoms with van der Waals surface area (Å²) in [5.74, 6) is -1.43. The molecule has 0 bridgehead atoms. The van der Waals surface area contributed by atoms with Crippen LogP contribution in [0.15, 0.2) is 18.2 Å². The van der Waals surface area contributed by atoms with Gasteiger partial charge in [0.25, 0.3) is 0 Å². The molecule has 0 atom stereocenters. The molecule has 0 amide bonds. The Hall–Kier alpha value is -2.28. The summed E-state index contributed by atoms with van der Waals surface area (Å²) in [6.07, 6.45) is -0.268. The first-order chi connectivity index (χ1) is 9.67. The highest BCUT2D eigenvalue weighted by molar-refractivity contribution is 5.72. The third-order valence-electron chi connectivity index (χ3n) is 2.17. The van der Waals surface area contributed by atoms with Crippen molar-refractivity contribution in [2.75, 3.05) is 12.3 Å². The van der Waals surface area contributed by atoms with Gasteiger partial charge in [-0.15, -0.1) is 0 Å². The van der Waals surface area contributed by atoms with Gasteiger partial charge in [-0.25, -0.2) is 4.79 Å². The number of carboxylic acid groups (broad SMARTS) is 1. The van der Waals surface area contributed by atoms with Crippen molar-refractivity contribution in [2.45, 2.75) is 32.8 Å². The average molecular weight is 297 g/mol. The number of esters is 1. The number of benzene rings is 1. The zero-order chi connectivity index (χ0) is 16.0. The van der Waals surface area contributed by atoms with Gasteiger partial charge >= 0.3 is 11.9 Å². The molecule has 0 saturated carbocycles. The highest BCUT2D eigenvalue weighted by Crippen LogP contribution is 2.22. The van der Waals surface area contributed by atoms with E-state index in [1.807, 2.05) is 0 Å². The molecule has 3 N–H and O–H groups in total. The van der Waals surface area contributed by atoms with Gasteiger partial charge in [0.05, 0.1) is 6.42 Å². The van der Waals surface area contributed by atoms with E-state index in [0.29, 0.717) is 11.3 Å². The topological polar surface area (TPSA) is 108 Å². The lowest BCUT2D eigenvalue weighted by atomic mass is 10.1. The lowest BCUT2D eigenvalue weighted by Crippen LogP contribution is -2.27. The van der Waals surface area contributed by atoms with Crippen LogP contribution < -0.4 is 10.6 Å². The molecule has 116 valence electrons. The van der Waals surface area contributed by atoms with Crippen molar-refractivity contribution in [3.63, 3.8) is 0 Å². The fourth-order valence-corrected chi connectivity index (χ4v) is 1.49. The van der Waals surface area contributed by atoms with E-state index in [4.69, 9.17) is 25.4 Å². The van der Waals surface area contributed by atoms with E-state index in [1.165, 1.54) is 18.2 Å². The molecule has 0 aliphatic rings. The molecule has 1 rings (SSSR count). The first-order valence-corrected chi connectivity index (χ1v) is 6.29. The van der Waals surface area contributed by atoms with Crippen LogP contribution in [0.1, 0.15) is 26.3 Å². The van der Waals surface area contributed by atoms with Crippen LogP contribution in [0.3, 0.4) is 0 Å². The molecule has 0 aliphatic carbocycles.